The molecule has 8 heteroatoms. The molecule has 0 spiro atoms. The third-order valence-electron chi connectivity index (χ3n) is 6.21. The molecule has 2 saturated heterocycles. The Labute approximate surface area is 183 Å². The zero-order valence-corrected chi connectivity index (χ0v) is 18.7. The zero-order chi connectivity index (χ0) is 20.3. The second-order valence-electron chi connectivity index (χ2n) is 8.79. The molecule has 5 rings (SSSR count). The van der Waals surface area contributed by atoms with E-state index in [1.165, 1.54) is 12.8 Å². The Hall–Kier alpha value is -1.78. The van der Waals surface area contributed by atoms with Gasteiger partial charge in [0.1, 0.15) is 11.4 Å². The molecule has 2 bridgehead atoms. The molecule has 0 aliphatic carbocycles. The molecule has 29 heavy (non-hydrogen) atoms. The van der Waals surface area contributed by atoms with Crippen LogP contribution >= 0.6 is 22.6 Å². The predicted molar refractivity (Wildman–Crippen MR) is 121 cm³/mol. The highest BCUT2D eigenvalue weighted by atomic mass is 127. The molecule has 4 N–H and O–H groups in total. The normalized spacial score (nSPS) is 24.3. The van der Waals surface area contributed by atoms with Gasteiger partial charge >= 0.3 is 0 Å². The van der Waals surface area contributed by atoms with Crippen molar-refractivity contribution >= 4 is 34.1 Å². The van der Waals surface area contributed by atoms with E-state index in [2.05, 4.69) is 38.0 Å². The lowest BCUT2D eigenvalue weighted by molar-refractivity contribution is 0.0739. The molecular formula is C21H25IN6O. The Bertz CT molecular complexity index is 1060. The largest absolute Gasteiger partial charge is 0.384 e. The average Bonchev–Trinajstić information content (AvgIpc) is 3.26. The summed E-state index contributed by atoms with van der Waals surface area (Å²) in [6, 6.07) is 4.99. The summed E-state index contributed by atoms with van der Waals surface area (Å²) in [7, 11) is 0. The van der Waals surface area contributed by atoms with Gasteiger partial charge in [0.25, 0.3) is 0 Å². The van der Waals surface area contributed by atoms with Crippen molar-refractivity contribution in [3.63, 3.8) is 0 Å². The van der Waals surface area contributed by atoms with Crippen molar-refractivity contribution < 1.29 is 5.11 Å². The third kappa shape index (κ3) is 3.30. The number of hydrogen-bond donors (Lipinski definition) is 3. The topological polar surface area (TPSA) is 101 Å². The van der Waals surface area contributed by atoms with Crippen LogP contribution in [-0.4, -0.2) is 36.8 Å². The Morgan fingerprint density at radius 3 is 2.55 bits per heavy atom. The Morgan fingerprint density at radius 2 is 1.93 bits per heavy atom. The van der Waals surface area contributed by atoms with Gasteiger partial charge < -0.3 is 16.2 Å². The van der Waals surface area contributed by atoms with Crippen LogP contribution in [0.25, 0.3) is 16.8 Å². The number of nitrogens with one attached hydrogen (secondary N) is 1. The fraction of sp³-hybridized carbons (Fsp3) is 0.476. The number of halogens is 1. The first-order valence-electron chi connectivity index (χ1n) is 10.1. The van der Waals surface area contributed by atoms with E-state index < -0.39 is 5.60 Å². The van der Waals surface area contributed by atoms with Crippen molar-refractivity contribution in [1.82, 2.24) is 24.9 Å². The number of nitrogens with two attached hydrogens (primary N) is 1. The summed E-state index contributed by atoms with van der Waals surface area (Å²) in [6.07, 6.45) is 8.30. The summed E-state index contributed by atoms with van der Waals surface area (Å²) in [4.78, 5) is 9.51. The predicted octanol–water partition coefficient (Wildman–Crippen LogP) is 3.20. The molecule has 5 heterocycles. The minimum atomic E-state index is -0.972. The molecule has 2 aliphatic rings. The van der Waals surface area contributed by atoms with Crippen LogP contribution in [0, 0.1) is 3.57 Å². The van der Waals surface area contributed by atoms with Crippen LogP contribution in [0.3, 0.4) is 0 Å². The summed E-state index contributed by atoms with van der Waals surface area (Å²) in [6.45, 7) is 3.46. The molecule has 3 aromatic heterocycles. The highest BCUT2D eigenvalue weighted by Gasteiger charge is 2.36. The summed E-state index contributed by atoms with van der Waals surface area (Å²) in [5.41, 5.74) is 9.81. The van der Waals surface area contributed by atoms with Crippen molar-refractivity contribution in [2.45, 2.75) is 63.1 Å². The lowest BCUT2D eigenvalue weighted by atomic mass is 9.89. The van der Waals surface area contributed by atoms with E-state index in [0.29, 0.717) is 29.5 Å². The summed E-state index contributed by atoms with van der Waals surface area (Å²) in [5.74, 6) is 1.06. The summed E-state index contributed by atoms with van der Waals surface area (Å²) >= 11 is 2.32. The Balaban J connectivity index is 1.58. The fourth-order valence-corrected chi connectivity index (χ4v) is 5.47. The van der Waals surface area contributed by atoms with Crippen LogP contribution in [0.15, 0.2) is 24.5 Å². The van der Waals surface area contributed by atoms with Crippen molar-refractivity contribution in [3.8, 4) is 11.1 Å². The SMILES string of the molecule is CC(C)(O)c1ccc(-c2cnn3c(N)c(I)c(C4CC5CCC(C4)N5)nc23)cn1. The maximum absolute atomic E-state index is 10.2. The Morgan fingerprint density at radius 1 is 1.21 bits per heavy atom. The van der Waals surface area contributed by atoms with Crippen LogP contribution in [0.2, 0.25) is 0 Å². The molecular weight excluding hydrogens is 479 g/mol. The molecule has 0 amide bonds. The number of rotatable bonds is 3. The quantitative estimate of drug-likeness (QED) is 0.474. The number of fused-ring (bicyclic) bond motifs is 3. The summed E-state index contributed by atoms with van der Waals surface area (Å²) < 4.78 is 2.73. The molecule has 2 atom stereocenters. The van der Waals surface area contributed by atoms with Crippen LogP contribution < -0.4 is 11.1 Å². The maximum atomic E-state index is 10.2. The second-order valence-corrected chi connectivity index (χ2v) is 9.87. The van der Waals surface area contributed by atoms with Gasteiger partial charge in [-0.3, -0.25) is 4.98 Å². The summed E-state index contributed by atoms with van der Waals surface area (Å²) in [5, 5.41) is 18.4. The van der Waals surface area contributed by atoms with E-state index in [0.717, 1.165) is 38.9 Å². The fourth-order valence-electron chi connectivity index (χ4n) is 4.68. The highest BCUT2D eigenvalue weighted by Crippen LogP contribution is 2.40. The number of aromatic nitrogens is 4. The minimum Gasteiger partial charge on any atom is -0.384 e. The van der Waals surface area contributed by atoms with Crippen molar-refractivity contribution in [2.75, 3.05) is 5.73 Å². The van der Waals surface area contributed by atoms with Gasteiger partial charge in [0.05, 0.1) is 21.2 Å². The number of pyridine rings is 1. The van der Waals surface area contributed by atoms with E-state index in [1.54, 1.807) is 30.8 Å². The molecule has 0 radical (unpaired) electrons. The minimum absolute atomic E-state index is 0.423. The van der Waals surface area contributed by atoms with Crippen LogP contribution in [0.1, 0.15) is 56.8 Å². The van der Waals surface area contributed by atoms with E-state index in [-0.39, 0.29) is 0 Å². The molecule has 2 unspecified atom stereocenters. The van der Waals surface area contributed by atoms with E-state index in [4.69, 9.17) is 10.7 Å². The molecule has 2 aliphatic heterocycles. The van der Waals surface area contributed by atoms with Gasteiger partial charge in [-0.25, -0.2) is 4.98 Å². The average molecular weight is 504 g/mol. The second kappa shape index (κ2) is 6.88. The standard InChI is InChI=1S/C21H25IN6O/c1-21(2,29)16-6-3-11(9-24-16)15-10-25-28-19(23)17(22)18(27-20(15)28)12-7-13-4-5-14(8-12)26-13/h3,6,9-10,12-14,26,29H,4-5,7-8,23H2,1-2H3. The number of nitrogen functional groups attached to an aromatic ring is 1. The number of hydrogen-bond acceptors (Lipinski definition) is 6. The van der Waals surface area contributed by atoms with Gasteiger partial charge in [0.15, 0.2) is 5.65 Å². The van der Waals surface area contributed by atoms with Crippen LogP contribution in [0.5, 0.6) is 0 Å². The first kappa shape index (κ1) is 19.2. The van der Waals surface area contributed by atoms with E-state index in [1.807, 2.05) is 12.1 Å². The number of nitrogens with zero attached hydrogens (tertiary/aromatic N) is 4. The lowest BCUT2D eigenvalue weighted by Crippen LogP contribution is -2.37. The monoisotopic (exact) mass is 504 g/mol. The van der Waals surface area contributed by atoms with Crippen molar-refractivity contribution in [2.24, 2.45) is 0 Å². The van der Waals surface area contributed by atoms with Crippen LogP contribution in [-0.2, 0) is 5.60 Å². The lowest BCUT2D eigenvalue weighted by Gasteiger charge is -2.29. The maximum Gasteiger partial charge on any atom is 0.165 e. The molecule has 0 saturated carbocycles. The van der Waals surface area contributed by atoms with Gasteiger partial charge in [0.2, 0.25) is 0 Å². The molecule has 7 nitrogen and oxygen atoms in total. The van der Waals surface area contributed by atoms with Gasteiger partial charge in [-0.2, -0.15) is 9.61 Å². The van der Waals surface area contributed by atoms with Crippen molar-refractivity contribution in [3.05, 3.63) is 39.5 Å². The molecule has 152 valence electrons. The molecule has 3 aromatic rings. The number of piperidine rings is 1. The van der Waals surface area contributed by atoms with E-state index >= 15 is 0 Å². The van der Waals surface area contributed by atoms with E-state index in [9.17, 15) is 5.11 Å². The number of anilines is 1. The van der Waals surface area contributed by atoms with Gasteiger partial charge in [0, 0.05) is 35.3 Å². The smallest absolute Gasteiger partial charge is 0.165 e. The first-order chi connectivity index (χ1) is 13.8. The molecule has 0 aromatic carbocycles. The number of aliphatic hydroxyl groups is 1. The van der Waals surface area contributed by atoms with Gasteiger partial charge in [-0.1, -0.05) is 6.07 Å². The van der Waals surface area contributed by atoms with Gasteiger partial charge in [-0.15, -0.1) is 0 Å². The first-order valence-corrected chi connectivity index (χ1v) is 11.2. The van der Waals surface area contributed by atoms with Crippen LogP contribution in [0.4, 0.5) is 5.82 Å². The zero-order valence-electron chi connectivity index (χ0n) is 16.6. The third-order valence-corrected chi connectivity index (χ3v) is 7.31. The highest BCUT2D eigenvalue weighted by molar-refractivity contribution is 14.1. The Kier molecular flexibility index (Phi) is 4.56. The molecule has 2 fully saturated rings. The van der Waals surface area contributed by atoms with Gasteiger partial charge in [-0.05, 0) is 68.2 Å². The van der Waals surface area contributed by atoms with Crippen molar-refractivity contribution in [1.29, 1.82) is 0 Å².